The van der Waals surface area contributed by atoms with E-state index in [4.69, 9.17) is 11.1 Å². The fraction of sp³-hybridized carbons (Fsp3) is 0.167. The lowest BCUT2D eigenvalue weighted by Crippen LogP contribution is -2.16. The Balaban J connectivity index is 2.42. The highest BCUT2D eigenvalue weighted by molar-refractivity contribution is 9.10. The van der Waals surface area contributed by atoms with Gasteiger partial charge < -0.3 is 5.73 Å². The number of rotatable bonds is 3. The lowest BCUT2D eigenvalue weighted by molar-refractivity contribution is 0.870. The molecule has 0 aliphatic rings. The van der Waals surface area contributed by atoms with E-state index in [0.717, 1.165) is 20.8 Å². The van der Waals surface area contributed by atoms with E-state index in [1.165, 1.54) is 11.8 Å². The molecule has 0 bridgehead atoms. The van der Waals surface area contributed by atoms with Crippen LogP contribution in [0.15, 0.2) is 32.9 Å². The third-order valence-corrected chi connectivity index (χ3v) is 3.99. The highest BCUT2D eigenvalue weighted by atomic mass is 79.9. The number of aromatic nitrogens is 3. The molecule has 3 N–H and O–H groups in total. The zero-order valence-electron chi connectivity index (χ0n) is 10.4. The van der Waals surface area contributed by atoms with Gasteiger partial charge in [-0.05, 0) is 59.2 Å². The molecule has 0 unspecified atom stereocenters. The van der Waals surface area contributed by atoms with Gasteiger partial charge in [-0.1, -0.05) is 0 Å². The molecule has 2 heterocycles. The molecule has 0 fully saturated rings. The number of amidine groups is 1. The molecule has 2 aromatic heterocycles. The molecule has 0 aliphatic carbocycles. The third kappa shape index (κ3) is 3.10. The summed E-state index contributed by atoms with van der Waals surface area (Å²) in [6, 6.07) is 3.77. The second kappa shape index (κ2) is 5.66. The van der Waals surface area contributed by atoms with Crippen LogP contribution in [0.2, 0.25) is 0 Å². The first-order valence-corrected chi connectivity index (χ1v) is 7.07. The molecular weight excluding hydrogens is 326 g/mol. The van der Waals surface area contributed by atoms with Gasteiger partial charge in [0.15, 0.2) is 0 Å². The Morgan fingerprint density at radius 1 is 1.32 bits per heavy atom. The van der Waals surface area contributed by atoms with Gasteiger partial charge in [0, 0.05) is 10.7 Å². The standard InChI is InChI=1S/C12H12BrN5S/c1-6-7(2)17-18-12(10(6)11(14)15)19-9-4-3-8(13)5-16-9/h3-5H,1-2H3,(H3,14,15). The number of aryl methyl sites for hydroxylation is 1. The van der Waals surface area contributed by atoms with E-state index in [9.17, 15) is 0 Å². The van der Waals surface area contributed by atoms with Gasteiger partial charge in [0.25, 0.3) is 0 Å². The first-order chi connectivity index (χ1) is 8.99. The first kappa shape index (κ1) is 14.0. The molecule has 7 heteroatoms. The maximum Gasteiger partial charge on any atom is 0.136 e. The molecule has 0 radical (unpaired) electrons. The molecule has 0 spiro atoms. The maximum absolute atomic E-state index is 7.68. The van der Waals surface area contributed by atoms with Crippen molar-refractivity contribution in [2.24, 2.45) is 5.73 Å². The fourth-order valence-electron chi connectivity index (χ4n) is 1.50. The average Bonchev–Trinajstić information content (AvgIpc) is 2.36. The van der Waals surface area contributed by atoms with Crippen molar-refractivity contribution >= 4 is 33.5 Å². The van der Waals surface area contributed by atoms with Crippen molar-refractivity contribution in [2.45, 2.75) is 23.9 Å². The number of nitrogens with one attached hydrogen (secondary N) is 1. The van der Waals surface area contributed by atoms with Crippen LogP contribution in [-0.4, -0.2) is 21.0 Å². The highest BCUT2D eigenvalue weighted by Gasteiger charge is 2.15. The molecule has 2 aromatic rings. The van der Waals surface area contributed by atoms with Gasteiger partial charge in [0.05, 0.1) is 11.3 Å². The van der Waals surface area contributed by atoms with Crippen molar-refractivity contribution in [3.05, 3.63) is 39.6 Å². The van der Waals surface area contributed by atoms with E-state index in [1.54, 1.807) is 6.20 Å². The molecule has 0 aromatic carbocycles. The zero-order valence-corrected chi connectivity index (χ0v) is 12.8. The van der Waals surface area contributed by atoms with Crippen LogP contribution in [0.3, 0.4) is 0 Å². The van der Waals surface area contributed by atoms with Gasteiger partial charge in [0.2, 0.25) is 0 Å². The number of hydrogen-bond acceptors (Lipinski definition) is 5. The maximum atomic E-state index is 7.68. The minimum Gasteiger partial charge on any atom is -0.384 e. The summed E-state index contributed by atoms with van der Waals surface area (Å²) < 4.78 is 0.912. The van der Waals surface area contributed by atoms with Crippen molar-refractivity contribution in [3.8, 4) is 0 Å². The monoisotopic (exact) mass is 337 g/mol. The molecule has 19 heavy (non-hydrogen) atoms. The number of hydrogen-bond donors (Lipinski definition) is 2. The molecule has 5 nitrogen and oxygen atoms in total. The fourth-order valence-corrected chi connectivity index (χ4v) is 2.62. The second-order valence-corrected chi connectivity index (χ2v) is 5.85. The van der Waals surface area contributed by atoms with Crippen LogP contribution in [0.1, 0.15) is 16.8 Å². The number of nitrogen functional groups attached to an aromatic ring is 1. The van der Waals surface area contributed by atoms with Gasteiger partial charge in [-0.2, -0.15) is 5.10 Å². The van der Waals surface area contributed by atoms with Crippen molar-refractivity contribution in [2.75, 3.05) is 0 Å². The van der Waals surface area contributed by atoms with Crippen LogP contribution >= 0.6 is 27.7 Å². The molecule has 0 aliphatic heterocycles. The van der Waals surface area contributed by atoms with Gasteiger partial charge in [0.1, 0.15) is 15.9 Å². The number of halogens is 1. The van der Waals surface area contributed by atoms with E-state index in [2.05, 4.69) is 31.1 Å². The number of nitrogens with zero attached hydrogens (tertiary/aromatic N) is 3. The molecule has 2 rings (SSSR count). The van der Waals surface area contributed by atoms with Crippen molar-refractivity contribution in [1.82, 2.24) is 15.2 Å². The lowest BCUT2D eigenvalue weighted by Gasteiger charge is -2.10. The normalized spacial score (nSPS) is 10.5. The van der Waals surface area contributed by atoms with Gasteiger partial charge in [-0.3, -0.25) is 5.41 Å². The van der Waals surface area contributed by atoms with E-state index in [-0.39, 0.29) is 5.84 Å². The Bertz CT molecular complexity index is 627. The quantitative estimate of drug-likeness (QED) is 0.663. The Morgan fingerprint density at radius 2 is 2.05 bits per heavy atom. The van der Waals surface area contributed by atoms with Crippen LogP contribution in [-0.2, 0) is 0 Å². The van der Waals surface area contributed by atoms with Crippen LogP contribution in [0.4, 0.5) is 0 Å². The van der Waals surface area contributed by atoms with Crippen molar-refractivity contribution < 1.29 is 0 Å². The minimum atomic E-state index is -0.00453. The average molecular weight is 338 g/mol. The summed E-state index contributed by atoms with van der Waals surface area (Å²) >= 11 is 4.68. The summed E-state index contributed by atoms with van der Waals surface area (Å²) in [5.41, 5.74) is 7.92. The SMILES string of the molecule is Cc1nnc(Sc2ccc(Br)cn2)c(C(=N)N)c1C. The predicted molar refractivity (Wildman–Crippen MR) is 78.6 cm³/mol. The summed E-state index contributed by atoms with van der Waals surface area (Å²) in [7, 11) is 0. The molecule has 98 valence electrons. The largest absolute Gasteiger partial charge is 0.384 e. The van der Waals surface area contributed by atoms with Crippen molar-refractivity contribution in [1.29, 1.82) is 5.41 Å². The first-order valence-electron chi connectivity index (χ1n) is 5.46. The van der Waals surface area contributed by atoms with Crippen LogP contribution in [0.5, 0.6) is 0 Å². The van der Waals surface area contributed by atoms with Gasteiger partial charge >= 0.3 is 0 Å². The summed E-state index contributed by atoms with van der Waals surface area (Å²) in [6.45, 7) is 3.74. The Morgan fingerprint density at radius 3 is 2.63 bits per heavy atom. The van der Waals surface area contributed by atoms with Crippen LogP contribution < -0.4 is 5.73 Å². The molecular formula is C12H12BrN5S. The Labute approximate surface area is 123 Å². The molecule has 0 atom stereocenters. The Kier molecular flexibility index (Phi) is 4.16. The van der Waals surface area contributed by atoms with Crippen LogP contribution in [0, 0.1) is 19.3 Å². The smallest absolute Gasteiger partial charge is 0.136 e. The molecule has 0 saturated carbocycles. The van der Waals surface area contributed by atoms with Crippen molar-refractivity contribution in [3.63, 3.8) is 0 Å². The number of pyridine rings is 1. The number of nitrogens with two attached hydrogens (primary N) is 1. The van der Waals surface area contributed by atoms with E-state index in [0.29, 0.717) is 10.6 Å². The zero-order chi connectivity index (χ0) is 14.0. The molecule has 0 amide bonds. The summed E-state index contributed by atoms with van der Waals surface area (Å²) in [6.07, 6.45) is 1.71. The van der Waals surface area contributed by atoms with Crippen LogP contribution in [0.25, 0.3) is 0 Å². The summed E-state index contributed by atoms with van der Waals surface area (Å²) in [5.74, 6) is -0.00453. The predicted octanol–water partition coefficient (Wildman–Crippen LogP) is 2.69. The lowest BCUT2D eigenvalue weighted by atomic mass is 10.1. The van der Waals surface area contributed by atoms with E-state index < -0.39 is 0 Å². The summed E-state index contributed by atoms with van der Waals surface area (Å²) in [4.78, 5) is 4.26. The van der Waals surface area contributed by atoms with E-state index in [1.807, 2.05) is 26.0 Å². The summed E-state index contributed by atoms with van der Waals surface area (Å²) in [5, 5.41) is 17.3. The Hall–Kier alpha value is -1.47. The topological polar surface area (TPSA) is 88.5 Å². The highest BCUT2D eigenvalue weighted by Crippen LogP contribution is 2.29. The minimum absolute atomic E-state index is 0.00453. The second-order valence-electron chi connectivity index (χ2n) is 3.92. The van der Waals surface area contributed by atoms with E-state index >= 15 is 0 Å². The molecule has 0 saturated heterocycles. The van der Waals surface area contributed by atoms with Gasteiger partial charge in [-0.25, -0.2) is 4.98 Å². The third-order valence-electron chi connectivity index (χ3n) is 2.59. The van der Waals surface area contributed by atoms with Gasteiger partial charge in [-0.15, -0.1) is 5.10 Å².